The highest BCUT2D eigenvalue weighted by atomic mass is 16.5. The third-order valence-electron chi connectivity index (χ3n) is 2.35. The first-order valence-electron chi connectivity index (χ1n) is 5.14. The fraction of sp³-hybridized carbons (Fsp3) is 0.250. The molecule has 0 fully saturated rings. The van der Waals surface area contributed by atoms with Crippen molar-refractivity contribution in [1.82, 2.24) is 9.55 Å². The molecule has 4 heteroatoms. The fourth-order valence-electron chi connectivity index (χ4n) is 1.44. The maximum Gasteiger partial charge on any atom is 0.119 e. The molecule has 4 nitrogen and oxygen atoms in total. The summed E-state index contributed by atoms with van der Waals surface area (Å²) in [7, 11) is 1.96. The SMILES string of the molecule is Cn1ccnc1CCOc1ccc(O)cc1. The summed E-state index contributed by atoms with van der Waals surface area (Å²) in [6.07, 6.45) is 4.45. The van der Waals surface area contributed by atoms with E-state index in [1.165, 1.54) is 0 Å². The van der Waals surface area contributed by atoms with Crippen LogP contribution in [0.1, 0.15) is 5.82 Å². The van der Waals surface area contributed by atoms with E-state index in [1.807, 2.05) is 17.8 Å². The van der Waals surface area contributed by atoms with E-state index < -0.39 is 0 Å². The summed E-state index contributed by atoms with van der Waals surface area (Å²) >= 11 is 0. The van der Waals surface area contributed by atoms with Crippen LogP contribution >= 0.6 is 0 Å². The second kappa shape index (κ2) is 4.70. The number of nitrogens with zero attached hydrogens (tertiary/aromatic N) is 2. The first-order chi connectivity index (χ1) is 7.75. The lowest BCUT2D eigenvalue weighted by Gasteiger charge is -2.06. The van der Waals surface area contributed by atoms with Crippen molar-refractivity contribution in [1.29, 1.82) is 0 Å². The molecule has 0 aliphatic carbocycles. The van der Waals surface area contributed by atoms with Crippen molar-refractivity contribution in [2.75, 3.05) is 6.61 Å². The lowest BCUT2D eigenvalue weighted by molar-refractivity contribution is 0.317. The third-order valence-corrected chi connectivity index (χ3v) is 2.35. The van der Waals surface area contributed by atoms with Gasteiger partial charge in [0.2, 0.25) is 0 Å². The summed E-state index contributed by atoms with van der Waals surface area (Å²) in [6.45, 7) is 0.579. The van der Waals surface area contributed by atoms with Gasteiger partial charge in [-0.3, -0.25) is 0 Å². The molecule has 0 aliphatic heterocycles. The molecule has 0 saturated heterocycles. The van der Waals surface area contributed by atoms with Crippen LogP contribution in [0, 0.1) is 0 Å². The Morgan fingerprint density at radius 2 is 2.06 bits per heavy atom. The van der Waals surface area contributed by atoms with Crippen LogP contribution in [0.15, 0.2) is 36.7 Å². The summed E-state index contributed by atoms with van der Waals surface area (Å²) in [5, 5.41) is 9.10. The number of aryl methyl sites for hydroxylation is 1. The minimum absolute atomic E-state index is 0.247. The third kappa shape index (κ3) is 2.53. The lowest BCUT2D eigenvalue weighted by atomic mass is 10.3. The van der Waals surface area contributed by atoms with Crippen LogP contribution < -0.4 is 4.74 Å². The molecule has 0 spiro atoms. The zero-order valence-electron chi connectivity index (χ0n) is 9.13. The Hall–Kier alpha value is -1.97. The maximum atomic E-state index is 9.10. The van der Waals surface area contributed by atoms with Crippen LogP contribution in [0.3, 0.4) is 0 Å². The normalized spacial score (nSPS) is 10.3. The van der Waals surface area contributed by atoms with E-state index in [9.17, 15) is 0 Å². The van der Waals surface area contributed by atoms with Gasteiger partial charge < -0.3 is 14.4 Å². The number of benzene rings is 1. The molecule has 0 bridgehead atoms. The van der Waals surface area contributed by atoms with E-state index in [4.69, 9.17) is 9.84 Å². The van der Waals surface area contributed by atoms with Gasteiger partial charge in [-0.2, -0.15) is 0 Å². The van der Waals surface area contributed by atoms with Crippen molar-refractivity contribution >= 4 is 0 Å². The molecular weight excluding hydrogens is 204 g/mol. The summed E-state index contributed by atoms with van der Waals surface area (Å²) in [5.41, 5.74) is 0. The number of hydrogen-bond acceptors (Lipinski definition) is 3. The minimum atomic E-state index is 0.247. The summed E-state index contributed by atoms with van der Waals surface area (Å²) in [4.78, 5) is 4.20. The van der Waals surface area contributed by atoms with Gasteiger partial charge in [-0.05, 0) is 24.3 Å². The van der Waals surface area contributed by atoms with Crippen LogP contribution in [-0.2, 0) is 13.5 Å². The van der Waals surface area contributed by atoms with Crippen molar-refractivity contribution in [2.45, 2.75) is 6.42 Å². The number of phenols is 1. The fourth-order valence-corrected chi connectivity index (χ4v) is 1.44. The van der Waals surface area contributed by atoms with E-state index >= 15 is 0 Å². The molecule has 0 radical (unpaired) electrons. The van der Waals surface area contributed by atoms with Crippen LogP contribution in [0.2, 0.25) is 0 Å². The van der Waals surface area contributed by atoms with Gasteiger partial charge in [-0.25, -0.2) is 4.98 Å². The Labute approximate surface area is 94.1 Å². The second-order valence-corrected chi connectivity index (χ2v) is 3.55. The van der Waals surface area contributed by atoms with E-state index in [0.29, 0.717) is 6.61 Å². The minimum Gasteiger partial charge on any atom is -0.508 e. The zero-order chi connectivity index (χ0) is 11.4. The molecule has 1 aromatic carbocycles. The number of phenolic OH excluding ortho intramolecular Hbond substituents is 1. The smallest absolute Gasteiger partial charge is 0.119 e. The summed E-state index contributed by atoms with van der Waals surface area (Å²) in [6, 6.07) is 6.70. The topological polar surface area (TPSA) is 47.3 Å². The maximum absolute atomic E-state index is 9.10. The predicted octanol–water partition coefficient (Wildman–Crippen LogP) is 1.75. The molecule has 1 N–H and O–H groups in total. The summed E-state index contributed by atoms with van der Waals surface area (Å²) in [5.74, 6) is 2.00. The van der Waals surface area contributed by atoms with Gasteiger partial charge in [0.25, 0.3) is 0 Å². The zero-order valence-corrected chi connectivity index (χ0v) is 9.13. The summed E-state index contributed by atoms with van der Waals surface area (Å²) < 4.78 is 7.50. The first-order valence-corrected chi connectivity index (χ1v) is 5.14. The Kier molecular flexibility index (Phi) is 3.10. The largest absolute Gasteiger partial charge is 0.508 e. The molecule has 2 rings (SSSR count). The van der Waals surface area contributed by atoms with E-state index in [1.54, 1.807) is 30.5 Å². The number of rotatable bonds is 4. The number of aromatic nitrogens is 2. The highest BCUT2D eigenvalue weighted by Gasteiger charge is 1.99. The molecular formula is C12H14N2O2. The number of imidazole rings is 1. The van der Waals surface area contributed by atoms with Gasteiger partial charge in [-0.15, -0.1) is 0 Å². The van der Waals surface area contributed by atoms with Gasteiger partial charge >= 0.3 is 0 Å². The molecule has 1 heterocycles. The number of ether oxygens (including phenoxy) is 1. The van der Waals surface area contributed by atoms with E-state index in [0.717, 1.165) is 18.0 Å². The van der Waals surface area contributed by atoms with Crippen molar-refractivity contribution in [3.63, 3.8) is 0 Å². The van der Waals surface area contributed by atoms with Crippen molar-refractivity contribution in [3.8, 4) is 11.5 Å². The molecule has 2 aromatic rings. The Morgan fingerprint density at radius 3 is 2.69 bits per heavy atom. The Morgan fingerprint density at radius 1 is 1.31 bits per heavy atom. The van der Waals surface area contributed by atoms with Crippen LogP contribution in [0.25, 0.3) is 0 Å². The van der Waals surface area contributed by atoms with Crippen molar-refractivity contribution in [3.05, 3.63) is 42.5 Å². The molecule has 0 saturated carbocycles. The standard InChI is InChI=1S/C12H14N2O2/c1-14-8-7-13-12(14)6-9-16-11-4-2-10(15)3-5-11/h2-5,7-8,15H,6,9H2,1H3. The number of aromatic hydroxyl groups is 1. The molecule has 0 aliphatic rings. The second-order valence-electron chi connectivity index (χ2n) is 3.55. The lowest BCUT2D eigenvalue weighted by Crippen LogP contribution is -2.05. The van der Waals surface area contributed by atoms with E-state index in [2.05, 4.69) is 4.98 Å². The van der Waals surface area contributed by atoms with Crippen LogP contribution in [0.5, 0.6) is 11.5 Å². The predicted molar refractivity (Wildman–Crippen MR) is 60.5 cm³/mol. The van der Waals surface area contributed by atoms with Crippen LogP contribution in [0.4, 0.5) is 0 Å². The Bertz CT molecular complexity index is 448. The van der Waals surface area contributed by atoms with E-state index in [-0.39, 0.29) is 5.75 Å². The average Bonchev–Trinajstić information content (AvgIpc) is 2.68. The molecule has 0 amide bonds. The van der Waals surface area contributed by atoms with Gasteiger partial charge in [0.15, 0.2) is 0 Å². The average molecular weight is 218 g/mol. The monoisotopic (exact) mass is 218 g/mol. The van der Waals surface area contributed by atoms with Gasteiger partial charge in [0.1, 0.15) is 17.3 Å². The van der Waals surface area contributed by atoms with Gasteiger partial charge in [-0.1, -0.05) is 0 Å². The first kappa shape index (κ1) is 10.5. The molecule has 1 aromatic heterocycles. The van der Waals surface area contributed by atoms with Crippen molar-refractivity contribution in [2.24, 2.45) is 7.05 Å². The van der Waals surface area contributed by atoms with Crippen LogP contribution in [-0.4, -0.2) is 21.3 Å². The molecule has 0 atom stereocenters. The quantitative estimate of drug-likeness (QED) is 0.850. The highest BCUT2D eigenvalue weighted by Crippen LogP contribution is 2.15. The van der Waals surface area contributed by atoms with Crippen molar-refractivity contribution < 1.29 is 9.84 Å². The van der Waals surface area contributed by atoms with Gasteiger partial charge in [0.05, 0.1) is 6.61 Å². The Balaban J connectivity index is 1.84. The highest BCUT2D eigenvalue weighted by molar-refractivity contribution is 5.30. The molecule has 16 heavy (non-hydrogen) atoms. The van der Waals surface area contributed by atoms with Gasteiger partial charge in [0, 0.05) is 25.9 Å². The number of hydrogen-bond donors (Lipinski definition) is 1. The molecule has 84 valence electrons. The molecule has 0 unspecified atom stereocenters.